The van der Waals surface area contributed by atoms with E-state index in [2.05, 4.69) is 40.9 Å². The van der Waals surface area contributed by atoms with Crippen molar-refractivity contribution in [3.05, 3.63) is 40.4 Å². The topological polar surface area (TPSA) is 47.0 Å². The summed E-state index contributed by atoms with van der Waals surface area (Å²) in [6.07, 6.45) is 1.98. The molecule has 5 heteroatoms. The van der Waals surface area contributed by atoms with Crippen LogP contribution in [-0.4, -0.2) is 22.7 Å². The first kappa shape index (κ1) is 15.9. The molecule has 4 nitrogen and oxygen atoms in total. The Balaban J connectivity index is 2.40. The molecule has 1 heterocycles. The summed E-state index contributed by atoms with van der Waals surface area (Å²) in [5, 5.41) is 7.86. The largest absolute Gasteiger partial charge is 0.494 e. The zero-order chi connectivity index (χ0) is 15.1. The van der Waals surface area contributed by atoms with Gasteiger partial charge in [0.15, 0.2) is 0 Å². The molecular formula is C16H23N3OS. The number of hydrogen-bond acceptors (Lipinski definition) is 5. The molecule has 0 saturated heterocycles. The van der Waals surface area contributed by atoms with Crippen molar-refractivity contribution in [2.75, 3.05) is 13.2 Å². The van der Waals surface area contributed by atoms with E-state index in [1.165, 1.54) is 16.4 Å². The summed E-state index contributed by atoms with van der Waals surface area (Å²) in [5.41, 5.74) is 2.23. The van der Waals surface area contributed by atoms with Crippen LogP contribution in [0.25, 0.3) is 0 Å². The van der Waals surface area contributed by atoms with Gasteiger partial charge in [-0.05, 0) is 43.9 Å². The summed E-state index contributed by atoms with van der Waals surface area (Å²) in [4.78, 5) is 1.19. The van der Waals surface area contributed by atoms with Gasteiger partial charge in [-0.2, -0.15) is 0 Å². The van der Waals surface area contributed by atoms with Crippen LogP contribution in [0.2, 0.25) is 0 Å². The molecule has 1 N–H and O–H groups in total. The highest BCUT2D eigenvalue weighted by molar-refractivity contribution is 7.05. The van der Waals surface area contributed by atoms with Crippen molar-refractivity contribution in [2.45, 2.75) is 39.7 Å². The van der Waals surface area contributed by atoms with E-state index in [0.717, 1.165) is 36.4 Å². The Labute approximate surface area is 130 Å². The van der Waals surface area contributed by atoms with E-state index < -0.39 is 0 Å². The van der Waals surface area contributed by atoms with Gasteiger partial charge in [0.25, 0.3) is 0 Å². The number of rotatable bonds is 8. The van der Waals surface area contributed by atoms with Crippen LogP contribution >= 0.6 is 11.5 Å². The van der Waals surface area contributed by atoms with Crippen LogP contribution in [0.3, 0.4) is 0 Å². The normalized spacial score (nSPS) is 12.3. The fourth-order valence-electron chi connectivity index (χ4n) is 2.32. The predicted molar refractivity (Wildman–Crippen MR) is 87.0 cm³/mol. The van der Waals surface area contributed by atoms with Crippen LogP contribution in [0.1, 0.15) is 49.4 Å². The molecule has 21 heavy (non-hydrogen) atoms. The van der Waals surface area contributed by atoms with Crippen molar-refractivity contribution in [1.82, 2.24) is 14.9 Å². The number of aromatic nitrogens is 2. The highest BCUT2D eigenvalue weighted by Gasteiger charge is 2.22. The van der Waals surface area contributed by atoms with Gasteiger partial charge >= 0.3 is 0 Å². The van der Waals surface area contributed by atoms with Crippen LogP contribution in [0.15, 0.2) is 24.3 Å². The van der Waals surface area contributed by atoms with E-state index >= 15 is 0 Å². The number of para-hydroxylation sites is 1. The van der Waals surface area contributed by atoms with Crippen molar-refractivity contribution in [2.24, 2.45) is 0 Å². The third kappa shape index (κ3) is 3.80. The first-order chi connectivity index (χ1) is 10.3. The smallest absolute Gasteiger partial charge is 0.124 e. The first-order valence-corrected chi connectivity index (χ1v) is 8.35. The fraction of sp³-hybridized carbons (Fsp3) is 0.500. The van der Waals surface area contributed by atoms with E-state index in [1.54, 1.807) is 0 Å². The molecule has 1 aromatic carbocycles. The Hall–Kier alpha value is -1.46. The van der Waals surface area contributed by atoms with Gasteiger partial charge in [-0.25, -0.2) is 0 Å². The number of ether oxygens (including phenoxy) is 1. The third-order valence-electron chi connectivity index (χ3n) is 3.31. The van der Waals surface area contributed by atoms with Crippen LogP contribution in [0, 0.1) is 0 Å². The molecule has 0 saturated carbocycles. The summed E-state index contributed by atoms with van der Waals surface area (Å²) in [6.45, 7) is 7.91. The minimum atomic E-state index is 0.0997. The molecular weight excluding hydrogens is 282 g/mol. The molecule has 0 aliphatic heterocycles. The summed E-state index contributed by atoms with van der Waals surface area (Å²) in [5.74, 6) is 0.934. The fourth-order valence-corrected chi connectivity index (χ4v) is 3.15. The van der Waals surface area contributed by atoms with Gasteiger partial charge in [0.2, 0.25) is 0 Å². The zero-order valence-corrected chi connectivity index (χ0v) is 13.7. The average molecular weight is 305 g/mol. The van der Waals surface area contributed by atoms with E-state index in [0.29, 0.717) is 6.61 Å². The molecule has 1 atom stereocenters. The predicted octanol–water partition coefficient (Wildman–Crippen LogP) is 3.59. The second-order valence-electron chi connectivity index (χ2n) is 4.80. The summed E-state index contributed by atoms with van der Waals surface area (Å²) in [6, 6.07) is 8.31. The number of aryl methyl sites for hydroxylation is 1. The van der Waals surface area contributed by atoms with Crippen molar-refractivity contribution < 1.29 is 4.74 Å². The molecule has 0 amide bonds. The molecule has 114 valence electrons. The van der Waals surface area contributed by atoms with Crippen molar-refractivity contribution >= 4 is 11.5 Å². The highest BCUT2D eigenvalue weighted by Crippen LogP contribution is 2.33. The summed E-state index contributed by atoms with van der Waals surface area (Å²) >= 11 is 1.48. The second-order valence-corrected chi connectivity index (χ2v) is 5.58. The maximum atomic E-state index is 5.79. The number of hydrogen-bond donors (Lipinski definition) is 1. The lowest BCUT2D eigenvalue weighted by molar-refractivity contribution is 0.333. The quantitative estimate of drug-likeness (QED) is 0.809. The van der Waals surface area contributed by atoms with Crippen molar-refractivity contribution in [3.8, 4) is 5.75 Å². The van der Waals surface area contributed by atoms with Crippen LogP contribution in [0.5, 0.6) is 5.75 Å². The van der Waals surface area contributed by atoms with Crippen LogP contribution in [0.4, 0.5) is 0 Å². The Morgan fingerprint density at radius 1 is 1.24 bits per heavy atom. The maximum absolute atomic E-state index is 5.79. The van der Waals surface area contributed by atoms with E-state index in [1.807, 2.05) is 19.1 Å². The van der Waals surface area contributed by atoms with Crippen LogP contribution in [-0.2, 0) is 6.42 Å². The summed E-state index contributed by atoms with van der Waals surface area (Å²) in [7, 11) is 0. The molecule has 2 aromatic rings. The van der Waals surface area contributed by atoms with E-state index in [9.17, 15) is 0 Å². The standard InChI is InChI=1S/C16H23N3OS/c1-4-11-17-15(16-13(5-2)18-19-21-16)12-9-7-8-10-14(12)20-6-3/h7-10,15,17H,4-6,11H2,1-3H3. The van der Waals surface area contributed by atoms with Gasteiger partial charge in [0, 0.05) is 5.56 Å². The molecule has 1 unspecified atom stereocenters. The van der Waals surface area contributed by atoms with E-state index in [4.69, 9.17) is 4.74 Å². The molecule has 0 aliphatic carbocycles. The van der Waals surface area contributed by atoms with Gasteiger partial charge in [0.05, 0.1) is 23.2 Å². The first-order valence-electron chi connectivity index (χ1n) is 7.57. The van der Waals surface area contributed by atoms with Gasteiger partial charge in [-0.3, -0.25) is 0 Å². The molecule has 0 bridgehead atoms. The lowest BCUT2D eigenvalue weighted by atomic mass is 10.0. The van der Waals surface area contributed by atoms with E-state index in [-0.39, 0.29) is 6.04 Å². The highest BCUT2D eigenvalue weighted by atomic mass is 32.1. The number of benzene rings is 1. The number of nitrogens with zero attached hydrogens (tertiary/aromatic N) is 2. The van der Waals surface area contributed by atoms with Gasteiger partial charge in [-0.15, -0.1) is 5.10 Å². The minimum Gasteiger partial charge on any atom is -0.494 e. The Bertz CT molecular complexity index is 556. The van der Waals surface area contributed by atoms with Gasteiger partial charge < -0.3 is 10.1 Å². The molecule has 2 rings (SSSR count). The SMILES string of the molecule is CCCNC(c1ccccc1OCC)c1snnc1CC. The molecule has 0 fully saturated rings. The van der Waals surface area contributed by atoms with Gasteiger partial charge in [-0.1, -0.05) is 36.5 Å². The Kier molecular flexibility index (Phi) is 6.14. The Morgan fingerprint density at radius 3 is 2.76 bits per heavy atom. The average Bonchev–Trinajstić information content (AvgIpc) is 2.98. The second kappa shape index (κ2) is 8.10. The van der Waals surface area contributed by atoms with Crippen LogP contribution < -0.4 is 10.1 Å². The summed E-state index contributed by atoms with van der Waals surface area (Å²) < 4.78 is 9.93. The molecule has 1 aromatic heterocycles. The monoisotopic (exact) mass is 305 g/mol. The Morgan fingerprint density at radius 2 is 2.05 bits per heavy atom. The maximum Gasteiger partial charge on any atom is 0.124 e. The van der Waals surface area contributed by atoms with Crippen molar-refractivity contribution in [1.29, 1.82) is 0 Å². The lowest BCUT2D eigenvalue weighted by Gasteiger charge is -2.21. The minimum absolute atomic E-state index is 0.0997. The molecule has 0 spiro atoms. The molecule has 0 aliphatic rings. The lowest BCUT2D eigenvalue weighted by Crippen LogP contribution is -2.24. The van der Waals surface area contributed by atoms with Crippen molar-refractivity contribution in [3.63, 3.8) is 0 Å². The molecule has 0 radical (unpaired) electrons. The zero-order valence-electron chi connectivity index (χ0n) is 12.9. The van der Waals surface area contributed by atoms with Gasteiger partial charge in [0.1, 0.15) is 5.75 Å². The third-order valence-corrected chi connectivity index (χ3v) is 4.14. The number of nitrogens with one attached hydrogen (secondary N) is 1.